The lowest BCUT2D eigenvalue weighted by Gasteiger charge is -2.15. The topological polar surface area (TPSA) is 118 Å². The van der Waals surface area contributed by atoms with Gasteiger partial charge < -0.3 is 9.84 Å². The molecule has 1 N–H and O–H groups in total. The van der Waals surface area contributed by atoms with Gasteiger partial charge in [0.2, 0.25) is 0 Å². The number of halogens is 3. The number of thiophene rings is 1. The summed E-state index contributed by atoms with van der Waals surface area (Å²) in [6, 6.07) is 10.2. The normalized spacial score (nSPS) is 11.1. The number of aromatic carboxylic acids is 1. The minimum absolute atomic E-state index is 0.0107. The highest BCUT2D eigenvalue weighted by Crippen LogP contribution is 2.39. The van der Waals surface area contributed by atoms with Crippen molar-refractivity contribution < 1.29 is 14.6 Å². The van der Waals surface area contributed by atoms with Crippen molar-refractivity contribution in [3.05, 3.63) is 84.3 Å². The van der Waals surface area contributed by atoms with Crippen LogP contribution in [0.5, 0.6) is 5.75 Å². The SMILES string of the molecule is Cc1nc2c(Cl)cc(Cl)c(C#N)c2c(=O)n1CCOc1ccc(Cl)cc1-c1ccnc2c(C(=O)O)csc12. The molecule has 0 aliphatic carbocycles. The highest BCUT2D eigenvalue weighted by Gasteiger charge is 2.20. The van der Waals surface area contributed by atoms with E-state index >= 15 is 0 Å². The van der Waals surface area contributed by atoms with Gasteiger partial charge in [-0.3, -0.25) is 14.3 Å². The van der Waals surface area contributed by atoms with Crippen LogP contribution in [-0.2, 0) is 6.54 Å². The molecular formula is C26H15Cl3N4O4S. The van der Waals surface area contributed by atoms with Crippen LogP contribution in [-0.4, -0.2) is 32.2 Å². The second-order valence-corrected chi connectivity index (χ2v) is 10.3. The number of hydrogen-bond acceptors (Lipinski definition) is 7. The molecule has 8 nitrogen and oxygen atoms in total. The number of pyridine rings is 1. The third-order valence-electron chi connectivity index (χ3n) is 5.93. The van der Waals surface area contributed by atoms with Crippen LogP contribution in [0.4, 0.5) is 0 Å². The number of ether oxygens (including phenoxy) is 1. The van der Waals surface area contributed by atoms with E-state index in [4.69, 9.17) is 39.5 Å². The summed E-state index contributed by atoms with van der Waals surface area (Å²) in [5.41, 5.74) is 1.63. The van der Waals surface area contributed by atoms with Crippen molar-refractivity contribution in [2.45, 2.75) is 13.5 Å². The summed E-state index contributed by atoms with van der Waals surface area (Å²) in [6.45, 7) is 1.87. The first-order valence-electron chi connectivity index (χ1n) is 11.0. The number of benzene rings is 2. The molecule has 3 heterocycles. The highest BCUT2D eigenvalue weighted by atomic mass is 35.5. The summed E-state index contributed by atoms with van der Waals surface area (Å²) in [4.78, 5) is 33.6. The molecule has 0 spiro atoms. The van der Waals surface area contributed by atoms with Crippen molar-refractivity contribution in [2.24, 2.45) is 0 Å². The predicted molar refractivity (Wildman–Crippen MR) is 148 cm³/mol. The maximum Gasteiger partial charge on any atom is 0.338 e. The lowest BCUT2D eigenvalue weighted by molar-refractivity contribution is 0.0699. The molecule has 2 aromatic carbocycles. The molecule has 5 rings (SSSR count). The summed E-state index contributed by atoms with van der Waals surface area (Å²) >= 11 is 20.0. The zero-order chi connectivity index (χ0) is 27.1. The fraction of sp³-hybridized carbons (Fsp3) is 0.115. The van der Waals surface area contributed by atoms with E-state index in [0.29, 0.717) is 37.9 Å². The molecule has 190 valence electrons. The summed E-state index contributed by atoms with van der Waals surface area (Å²) in [5.74, 6) is -0.183. The van der Waals surface area contributed by atoms with Crippen molar-refractivity contribution >= 4 is 73.2 Å². The van der Waals surface area contributed by atoms with Gasteiger partial charge in [0.15, 0.2) is 0 Å². The van der Waals surface area contributed by atoms with Crippen LogP contribution in [0.15, 0.2) is 46.7 Å². The number of fused-ring (bicyclic) bond motifs is 2. The molecule has 38 heavy (non-hydrogen) atoms. The quantitative estimate of drug-likeness (QED) is 0.239. The van der Waals surface area contributed by atoms with Crippen molar-refractivity contribution in [3.63, 3.8) is 0 Å². The minimum Gasteiger partial charge on any atom is -0.491 e. The number of aromatic nitrogens is 3. The van der Waals surface area contributed by atoms with E-state index in [0.717, 1.165) is 0 Å². The number of nitrogens with zero attached hydrogens (tertiary/aromatic N) is 4. The Hall–Kier alpha value is -3.68. The number of rotatable bonds is 6. The van der Waals surface area contributed by atoms with Crippen LogP contribution in [0.1, 0.15) is 21.7 Å². The summed E-state index contributed by atoms with van der Waals surface area (Å²) in [5, 5.41) is 21.4. The third kappa shape index (κ3) is 4.46. The predicted octanol–water partition coefficient (Wildman–Crippen LogP) is 6.59. The molecule has 0 aliphatic heterocycles. The number of hydrogen-bond donors (Lipinski definition) is 1. The Morgan fingerprint density at radius 2 is 1.95 bits per heavy atom. The molecule has 0 saturated heterocycles. The van der Waals surface area contributed by atoms with E-state index in [-0.39, 0.29) is 45.2 Å². The van der Waals surface area contributed by atoms with Crippen LogP contribution < -0.4 is 10.3 Å². The van der Waals surface area contributed by atoms with Crippen LogP contribution in [0, 0.1) is 18.3 Å². The first-order valence-corrected chi connectivity index (χ1v) is 13.0. The van der Waals surface area contributed by atoms with E-state index < -0.39 is 11.5 Å². The minimum atomic E-state index is -1.06. The Kier molecular flexibility index (Phi) is 6.99. The zero-order valence-corrected chi connectivity index (χ0v) is 22.5. The van der Waals surface area contributed by atoms with Gasteiger partial charge in [-0.05, 0) is 37.3 Å². The zero-order valence-electron chi connectivity index (χ0n) is 19.5. The Labute approximate surface area is 234 Å². The standard InChI is InChI=1S/C26H15Cl3N4O4S/c1-12-32-23-19(29)9-18(28)16(10-30)21(23)25(34)33(12)6-7-37-20-3-2-13(27)8-15(20)14-4-5-31-22-17(26(35)36)11-38-24(14)22/h2-5,8-9,11H,6-7H2,1H3,(H,35,36). The van der Waals surface area contributed by atoms with Gasteiger partial charge in [-0.25, -0.2) is 9.78 Å². The Balaban J connectivity index is 1.51. The van der Waals surface area contributed by atoms with Gasteiger partial charge in [0.05, 0.1) is 48.8 Å². The first-order chi connectivity index (χ1) is 18.2. The molecule has 0 aliphatic rings. The van der Waals surface area contributed by atoms with Gasteiger partial charge in [-0.15, -0.1) is 11.3 Å². The van der Waals surface area contributed by atoms with Crippen molar-refractivity contribution in [1.82, 2.24) is 14.5 Å². The number of aryl methyl sites for hydroxylation is 1. The third-order valence-corrected chi connectivity index (χ3v) is 7.75. The summed E-state index contributed by atoms with van der Waals surface area (Å²) in [7, 11) is 0. The lowest BCUT2D eigenvalue weighted by Crippen LogP contribution is -2.27. The molecule has 0 unspecified atom stereocenters. The number of nitriles is 1. The van der Waals surface area contributed by atoms with E-state index in [1.54, 1.807) is 36.6 Å². The number of carboxylic acids is 1. The van der Waals surface area contributed by atoms with Gasteiger partial charge in [-0.2, -0.15) is 5.26 Å². The van der Waals surface area contributed by atoms with Crippen molar-refractivity contribution in [1.29, 1.82) is 5.26 Å². The van der Waals surface area contributed by atoms with Crippen LogP contribution in [0.3, 0.4) is 0 Å². The maximum atomic E-state index is 13.3. The van der Waals surface area contributed by atoms with E-state index in [1.165, 1.54) is 28.2 Å². The van der Waals surface area contributed by atoms with E-state index in [9.17, 15) is 20.0 Å². The average Bonchev–Trinajstić information content (AvgIpc) is 3.32. The fourth-order valence-corrected chi connectivity index (χ4v) is 5.93. The van der Waals surface area contributed by atoms with Gasteiger partial charge in [-0.1, -0.05) is 34.8 Å². The smallest absolute Gasteiger partial charge is 0.338 e. The second-order valence-electron chi connectivity index (χ2n) is 8.15. The second kappa shape index (κ2) is 10.2. The van der Waals surface area contributed by atoms with Crippen LogP contribution >= 0.6 is 46.1 Å². The molecular weight excluding hydrogens is 571 g/mol. The average molecular weight is 586 g/mol. The molecule has 0 fully saturated rings. The van der Waals surface area contributed by atoms with Gasteiger partial charge in [0.25, 0.3) is 5.56 Å². The molecule has 0 bridgehead atoms. The largest absolute Gasteiger partial charge is 0.491 e. The Morgan fingerprint density at radius 3 is 2.68 bits per heavy atom. The Bertz CT molecular complexity index is 1880. The maximum absolute atomic E-state index is 13.3. The first kappa shape index (κ1) is 25.9. The number of carbonyl (C=O) groups is 1. The van der Waals surface area contributed by atoms with Gasteiger partial charge >= 0.3 is 5.97 Å². The number of carboxylic acid groups (broad SMARTS) is 1. The summed E-state index contributed by atoms with van der Waals surface area (Å²) in [6.07, 6.45) is 1.54. The molecule has 3 aromatic heterocycles. The molecule has 12 heteroatoms. The molecule has 0 atom stereocenters. The van der Waals surface area contributed by atoms with Crippen molar-refractivity contribution in [2.75, 3.05) is 6.61 Å². The van der Waals surface area contributed by atoms with Crippen LogP contribution in [0.25, 0.3) is 32.2 Å². The monoisotopic (exact) mass is 584 g/mol. The van der Waals surface area contributed by atoms with Crippen molar-refractivity contribution in [3.8, 4) is 22.9 Å². The van der Waals surface area contributed by atoms with Crippen LogP contribution in [0.2, 0.25) is 15.1 Å². The molecule has 0 radical (unpaired) electrons. The van der Waals surface area contributed by atoms with Gasteiger partial charge in [0, 0.05) is 27.7 Å². The van der Waals surface area contributed by atoms with Gasteiger partial charge in [0.1, 0.15) is 24.3 Å². The lowest BCUT2D eigenvalue weighted by atomic mass is 10.0. The molecule has 0 saturated carbocycles. The van der Waals surface area contributed by atoms with E-state index in [1.807, 2.05) is 6.07 Å². The fourth-order valence-electron chi connectivity index (χ4n) is 4.19. The molecule has 5 aromatic rings. The highest BCUT2D eigenvalue weighted by molar-refractivity contribution is 7.18. The Morgan fingerprint density at radius 1 is 1.16 bits per heavy atom. The summed E-state index contributed by atoms with van der Waals surface area (Å²) < 4.78 is 8.16. The molecule has 0 amide bonds. The van der Waals surface area contributed by atoms with E-state index in [2.05, 4.69) is 9.97 Å².